The summed E-state index contributed by atoms with van der Waals surface area (Å²) in [6.45, 7) is 10.7. The Bertz CT molecular complexity index is 399. The molecule has 0 saturated heterocycles. The summed E-state index contributed by atoms with van der Waals surface area (Å²) in [5.41, 5.74) is 9.17. The van der Waals surface area contributed by atoms with Crippen molar-refractivity contribution in [2.24, 2.45) is 11.7 Å². The van der Waals surface area contributed by atoms with Crippen LogP contribution in [0.5, 0.6) is 0 Å². The molecule has 17 heavy (non-hydrogen) atoms. The van der Waals surface area contributed by atoms with Crippen molar-refractivity contribution in [3.8, 4) is 0 Å². The number of anilines is 1. The van der Waals surface area contributed by atoms with Gasteiger partial charge >= 0.3 is 0 Å². The Morgan fingerprint density at radius 1 is 1.41 bits per heavy atom. The molecule has 2 nitrogen and oxygen atoms in total. The predicted octanol–water partition coefficient (Wildman–Crippen LogP) is 3.11. The summed E-state index contributed by atoms with van der Waals surface area (Å²) in [4.78, 5) is 2.81. The van der Waals surface area contributed by atoms with Gasteiger partial charge in [-0.15, -0.1) is 0 Å². The van der Waals surface area contributed by atoms with Gasteiger partial charge in [0.25, 0.3) is 0 Å². The molecule has 1 aromatic carbocycles. The molecule has 0 amide bonds. The summed E-state index contributed by atoms with van der Waals surface area (Å²) in [5.74, 6) is 0.620. The first-order valence-corrected chi connectivity index (χ1v) is 6.52. The SMILES string of the molecule is CCN(CC(C)C)c1cc(C)ccc1C(N)=S. The van der Waals surface area contributed by atoms with Crippen molar-refractivity contribution < 1.29 is 0 Å². The number of thiocarbonyl (C=S) groups is 1. The molecule has 3 heteroatoms. The fourth-order valence-corrected chi connectivity index (χ4v) is 2.12. The van der Waals surface area contributed by atoms with Crippen LogP contribution >= 0.6 is 12.2 Å². The number of rotatable bonds is 5. The largest absolute Gasteiger partial charge is 0.389 e. The molecule has 1 aromatic rings. The summed E-state index contributed by atoms with van der Waals surface area (Å²) in [5, 5.41) is 0. The van der Waals surface area contributed by atoms with Crippen LogP contribution in [0.1, 0.15) is 31.9 Å². The Morgan fingerprint density at radius 2 is 2.06 bits per heavy atom. The normalized spacial score (nSPS) is 10.6. The van der Waals surface area contributed by atoms with Crippen LogP contribution in [0.25, 0.3) is 0 Å². The van der Waals surface area contributed by atoms with Crippen molar-refractivity contribution in [2.45, 2.75) is 27.7 Å². The average molecular weight is 250 g/mol. The van der Waals surface area contributed by atoms with Gasteiger partial charge in [-0.3, -0.25) is 0 Å². The zero-order chi connectivity index (χ0) is 13.0. The van der Waals surface area contributed by atoms with Crippen molar-refractivity contribution in [2.75, 3.05) is 18.0 Å². The second-order valence-electron chi connectivity index (χ2n) is 4.82. The van der Waals surface area contributed by atoms with E-state index in [1.807, 2.05) is 6.07 Å². The van der Waals surface area contributed by atoms with Gasteiger partial charge < -0.3 is 10.6 Å². The predicted molar refractivity (Wildman–Crippen MR) is 79.8 cm³/mol. The number of nitrogens with two attached hydrogens (primary N) is 1. The van der Waals surface area contributed by atoms with E-state index in [0.717, 1.165) is 24.3 Å². The maximum atomic E-state index is 5.79. The molecule has 0 aliphatic carbocycles. The number of aryl methyl sites for hydroxylation is 1. The first-order valence-electron chi connectivity index (χ1n) is 6.11. The van der Waals surface area contributed by atoms with Crippen LogP contribution in [0.2, 0.25) is 0 Å². The van der Waals surface area contributed by atoms with Crippen LogP contribution < -0.4 is 10.6 Å². The molecule has 0 spiro atoms. The summed E-state index contributed by atoms with van der Waals surface area (Å²) < 4.78 is 0. The Hall–Kier alpha value is -1.09. The van der Waals surface area contributed by atoms with Gasteiger partial charge in [0.1, 0.15) is 4.99 Å². The second kappa shape index (κ2) is 6.01. The number of nitrogens with zero attached hydrogens (tertiary/aromatic N) is 1. The van der Waals surface area contributed by atoms with E-state index in [2.05, 4.69) is 44.7 Å². The lowest BCUT2D eigenvalue weighted by Gasteiger charge is -2.27. The molecule has 0 aromatic heterocycles. The summed E-state index contributed by atoms with van der Waals surface area (Å²) in [6, 6.07) is 6.25. The quantitative estimate of drug-likeness (QED) is 0.814. The minimum atomic E-state index is 0.474. The molecule has 94 valence electrons. The average Bonchev–Trinajstić information content (AvgIpc) is 2.25. The summed E-state index contributed by atoms with van der Waals surface area (Å²) in [6.07, 6.45) is 0. The van der Waals surface area contributed by atoms with Gasteiger partial charge in [-0.25, -0.2) is 0 Å². The lowest BCUT2D eigenvalue weighted by Crippen LogP contribution is -2.29. The van der Waals surface area contributed by atoms with Gasteiger partial charge in [0, 0.05) is 24.3 Å². The first kappa shape index (κ1) is 14.0. The van der Waals surface area contributed by atoms with Crippen LogP contribution in [0, 0.1) is 12.8 Å². The molecule has 0 atom stereocenters. The smallest absolute Gasteiger partial charge is 0.106 e. The van der Waals surface area contributed by atoms with Crippen LogP contribution in [0.4, 0.5) is 5.69 Å². The van der Waals surface area contributed by atoms with Crippen molar-refractivity contribution in [1.29, 1.82) is 0 Å². The minimum absolute atomic E-state index is 0.474. The van der Waals surface area contributed by atoms with E-state index in [1.54, 1.807) is 0 Å². The Balaban J connectivity index is 3.15. The second-order valence-corrected chi connectivity index (χ2v) is 5.26. The molecule has 0 radical (unpaired) electrons. The monoisotopic (exact) mass is 250 g/mol. The van der Waals surface area contributed by atoms with E-state index in [-0.39, 0.29) is 0 Å². The Kier molecular flexibility index (Phi) is 4.94. The zero-order valence-corrected chi connectivity index (χ0v) is 12.0. The van der Waals surface area contributed by atoms with Gasteiger partial charge in [-0.05, 0) is 37.5 Å². The molecule has 2 N–H and O–H groups in total. The highest BCUT2D eigenvalue weighted by Gasteiger charge is 2.12. The Labute approximate surface area is 110 Å². The van der Waals surface area contributed by atoms with Gasteiger partial charge in [0.05, 0.1) is 0 Å². The third-order valence-electron chi connectivity index (χ3n) is 2.73. The van der Waals surface area contributed by atoms with Crippen LogP contribution in [-0.2, 0) is 0 Å². The van der Waals surface area contributed by atoms with Gasteiger partial charge in [0.15, 0.2) is 0 Å². The Morgan fingerprint density at radius 3 is 2.53 bits per heavy atom. The van der Waals surface area contributed by atoms with Crippen molar-refractivity contribution in [3.63, 3.8) is 0 Å². The van der Waals surface area contributed by atoms with Crippen molar-refractivity contribution >= 4 is 22.9 Å². The molecule has 0 fully saturated rings. The van der Waals surface area contributed by atoms with Gasteiger partial charge in [-0.1, -0.05) is 32.1 Å². The van der Waals surface area contributed by atoms with Crippen molar-refractivity contribution in [3.05, 3.63) is 29.3 Å². The first-order chi connectivity index (χ1) is 7.95. The number of hydrogen-bond acceptors (Lipinski definition) is 2. The highest BCUT2D eigenvalue weighted by Crippen LogP contribution is 2.23. The highest BCUT2D eigenvalue weighted by atomic mass is 32.1. The van der Waals surface area contributed by atoms with E-state index in [4.69, 9.17) is 18.0 Å². The van der Waals surface area contributed by atoms with E-state index in [9.17, 15) is 0 Å². The topological polar surface area (TPSA) is 29.3 Å². The lowest BCUT2D eigenvalue weighted by atomic mass is 10.1. The van der Waals surface area contributed by atoms with Gasteiger partial charge in [-0.2, -0.15) is 0 Å². The molecule has 0 heterocycles. The fourth-order valence-electron chi connectivity index (χ4n) is 1.95. The van der Waals surface area contributed by atoms with Crippen LogP contribution in [-0.4, -0.2) is 18.1 Å². The maximum Gasteiger partial charge on any atom is 0.106 e. The molecule has 0 saturated carbocycles. The van der Waals surface area contributed by atoms with Crippen LogP contribution in [0.15, 0.2) is 18.2 Å². The number of benzene rings is 1. The molecule has 0 aliphatic heterocycles. The van der Waals surface area contributed by atoms with E-state index in [1.165, 1.54) is 5.56 Å². The molecule has 0 unspecified atom stereocenters. The van der Waals surface area contributed by atoms with E-state index in [0.29, 0.717) is 10.9 Å². The third kappa shape index (κ3) is 3.70. The molecule has 1 rings (SSSR count). The standard InChI is InChI=1S/C14H22N2S/c1-5-16(9-10(2)3)13-8-11(4)6-7-12(13)14(15)17/h6-8,10H,5,9H2,1-4H3,(H2,15,17). The molecule has 0 aliphatic rings. The molecule has 0 bridgehead atoms. The minimum Gasteiger partial charge on any atom is -0.389 e. The zero-order valence-electron chi connectivity index (χ0n) is 11.2. The fraction of sp³-hybridized carbons (Fsp3) is 0.500. The summed E-state index contributed by atoms with van der Waals surface area (Å²) >= 11 is 5.12. The van der Waals surface area contributed by atoms with Crippen molar-refractivity contribution in [1.82, 2.24) is 0 Å². The summed E-state index contributed by atoms with van der Waals surface area (Å²) in [7, 11) is 0. The van der Waals surface area contributed by atoms with Gasteiger partial charge in [0.2, 0.25) is 0 Å². The third-order valence-corrected chi connectivity index (χ3v) is 2.95. The highest BCUT2D eigenvalue weighted by molar-refractivity contribution is 7.80. The number of hydrogen-bond donors (Lipinski definition) is 1. The lowest BCUT2D eigenvalue weighted by molar-refractivity contribution is 0.618. The molecular weight excluding hydrogens is 228 g/mol. The van der Waals surface area contributed by atoms with E-state index < -0.39 is 0 Å². The van der Waals surface area contributed by atoms with Crippen LogP contribution in [0.3, 0.4) is 0 Å². The van der Waals surface area contributed by atoms with E-state index >= 15 is 0 Å². The maximum absolute atomic E-state index is 5.79. The molecular formula is C14H22N2S.